The van der Waals surface area contributed by atoms with E-state index in [1.807, 2.05) is 0 Å². The third-order valence-electron chi connectivity index (χ3n) is 1.41. The molecule has 1 unspecified atom stereocenters. The predicted molar refractivity (Wildman–Crippen MR) is 45.6 cm³/mol. The number of aliphatic hydroxyl groups is 1. The fraction of sp³-hybridized carbons (Fsp3) is 0.286. The van der Waals surface area contributed by atoms with Gasteiger partial charge in [-0.1, -0.05) is 11.6 Å². The number of anilines is 1. The monoisotopic (exact) mass is 188 g/mol. The van der Waals surface area contributed by atoms with Crippen LogP contribution in [-0.2, 0) is 4.74 Å². The Hall–Kier alpha value is -0.840. The minimum Gasteiger partial charge on any atom is -0.383 e. The summed E-state index contributed by atoms with van der Waals surface area (Å²) in [5, 5.41) is 9.51. The standard InChI is InChI=1S/C7H9ClN2O2/c1-12-7(11)4-2-3-5(8)10-6(4)9/h2-3,7,11H,1H3,(H2,9,10). The summed E-state index contributed by atoms with van der Waals surface area (Å²) in [6.07, 6.45) is -1.05. The molecule has 1 aromatic rings. The Labute approximate surface area is 74.9 Å². The lowest BCUT2D eigenvalue weighted by molar-refractivity contribution is -0.0765. The molecule has 4 nitrogen and oxygen atoms in total. The van der Waals surface area contributed by atoms with Crippen LogP contribution in [0.3, 0.4) is 0 Å². The van der Waals surface area contributed by atoms with Crippen molar-refractivity contribution in [1.82, 2.24) is 4.98 Å². The van der Waals surface area contributed by atoms with Crippen LogP contribution in [0, 0.1) is 0 Å². The smallest absolute Gasteiger partial charge is 0.184 e. The van der Waals surface area contributed by atoms with E-state index in [-0.39, 0.29) is 5.82 Å². The first-order valence-electron chi connectivity index (χ1n) is 3.28. The van der Waals surface area contributed by atoms with Crippen molar-refractivity contribution in [2.45, 2.75) is 6.29 Å². The fourth-order valence-corrected chi connectivity index (χ4v) is 0.951. The summed E-state index contributed by atoms with van der Waals surface area (Å²) in [5.74, 6) is 0.178. The molecule has 0 spiro atoms. The molecule has 0 saturated heterocycles. The maximum Gasteiger partial charge on any atom is 0.184 e. The number of ether oxygens (including phenoxy) is 1. The highest BCUT2D eigenvalue weighted by molar-refractivity contribution is 6.29. The molecule has 0 bridgehead atoms. The quantitative estimate of drug-likeness (QED) is 0.536. The van der Waals surface area contributed by atoms with Crippen molar-refractivity contribution in [3.05, 3.63) is 22.8 Å². The van der Waals surface area contributed by atoms with Crippen molar-refractivity contribution in [2.24, 2.45) is 0 Å². The molecule has 5 heteroatoms. The highest BCUT2D eigenvalue weighted by Crippen LogP contribution is 2.20. The molecule has 0 radical (unpaired) electrons. The van der Waals surface area contributed by atoms with Crippen LogP contribution >= 0.6 is 11.6 Å². The van der Waals surface area contributed by atoms with E-state index in [0.717, 1.165) is 0 Å². The largest absolute Gasteiger partial charge is 0.383 e. The number of hydrogen-bond donors (Lipinski definition) is 2. The number of aromatic nitrogens is 1. The van der Waals surface area contributed by atoms with Gasteiger partial charge in [0.2, 0.25) is 0 Å². The number of pyridine rings is 1. The first-order valence-corrected chi connectivity index (χ1v) is 3.65. The minimum absolute atomic E-state index is 0.178. The van der Waals surface area contributed by atoms with Gasteiger partial charge in [-0.25, -0.2) is 4.98 Å². The number of nitrogen functional groups attached to an aromatic ring is 1. The van der Waals surface area contributed by atoms with Gasteiger partial charge in [0.15, 0.2) is 6.29 Å². The fourth-order valence-electron chi connectivity index (χ4n) is 0.797. The maximum atomic E-state index is 9.22. The lowest BCUT2D eigenvalue weighted by atomic mass is 10.2. The second kappa shape index (κ2) is 3.71. The lowest BCUT2D eigenvalue weighted by Gasteiger charge is -2.10. The zero-order valence-corrected chi connectivity index (χ0v) is 7.25. The van der Waals surface area contributed by atoms with Gasteiger partial charge in [0.1, 0.15) is 11.0 Å². The Morgan fingerprint density at radius 1 is 1.67 bits per heavy atom. The number of methoxy groups -OCH3 is 1. The summed E-state index contributed by atoms with van der Waals surface area (Å²) >= 11 is 5.55. The van der Waals surface area contributed by atoms with Gasteiger partial charge in [0.05, 0.1) is 0 Å². The van der Waals surface area contributed by atoms with Gasteiger partial charge in [-0.2, -0.15) is 0 Å². The predicted octanol–water partition coefficient (Wildman–Crippen LogP) is 0.954. The Morgan fingerprint density at radius 2 is 2.33 bits per heavy atom. The lowest BCUT2D eigenvalue weighted by Crippen LogP contribution is -2.05. The van der Waals surface area contributed by atoms with E-state index in [4.69, 9.17) is 17.3 Å². The Bertz CT molecular complexity index is 280. The Morgan fingerprint density at radius 3 is 2.83 bits per heavy atom. The molecule has 1 rings (SSSR count). The highest BCUT2D eigenvalue weighted by Gasteiger charge is 2.10. The summed E-state index contributed by atoms with van der Waals surface area (Å²) in [5.41, 5.74) is 5.88. The summed E-state index contributed by atoms with van der Waals surface area (Å²) in [6, 6.07) is 3.11. The average Bonchev–Trinajstić information content (AvgIpc) is 2.03. The first kappa shape index (κ1) is 9.25. The number of hydrogen-bond acceptors (Lipinski definition) is 4. The molecule has 0 aromatic carbocycles. The van der Waals surface area contributed by atoms with Crippen LogP contribution in [0.4, 0.5) is 5.82 Å². The minimum atomic E-state index is -1.05. The molecule has 66 valence electrons. The van der Waals surface area contributed by atoms with Crippen molar-refractivity contribution < 1.29 is 9.84 Å². The topological polar surface area (TPSA) is 68.4 Å². The van der Waals surface area contributed by atoms with Gasteiger partial charge in [0, 0.05) is 12.7 Å². The van der Waals surface area contributed by atoms with Crippen LogP contribution in [0.5, 0.6) is 0 Å². The second-order valence-electron chi connectivity index (χ2n) is 2.20. The molecule has 1 heterocycles. The van der Waals surface area contributed by atoms with E-state index in [2.05, 4.69) is 9.72 Å². The van der Waals surface area contributed by atoms with Crippen molar-refractivity contribution in [3.63, 3.8) is 0 Å². The number of aliphatic hydroxyl groups excluding tert-OH is 1. The SMILES string of the molecule is COC(O)c1ccc(Cl)nc1N. The van der Waals surface area contributed by atoms with Gasteiger partial charge in [-0.15, -0.1) is 0 Å². The number of nitrogens with two attached hydrogens (primary N) is 1. The van der Waals surface area contributed by atoms with E-state index in [1.54, 1.807) is 6.07 Å². The molecule has 0 fully saturated rings. The van der Waals surface area contributed by atoms with Gasteiger partial charge in [0.25, 0.3) is 0 Å². The van der Waals surface area contributed by atoms with Gasteiger partial charge < -0.3 is 15.6 Å². The Kier molecular flexibility index (Phi) is 2.86. The molecule has 3 N–H and O–H groups in total. The van der Waals surface area contributed by atoms with Crippen molar-refractivity contribution in [3.8, 4) is 0 Å². The molecular formula is C7H9ClN2O2. The zero-order valence-electron chi connectivity index (χ0n) is 6.49. The summed E-state index contributed by atoms with van der Waals surface area (Å²) < 4.78 is 4.65. The zero-order chi connectivity index (χ0) is 9.14. The van der Waals surface area contributed by atoms with Crippen LogP contribution in [0.2, 0.25) is 5.15 Å². The van der Waals surface area contributed by atoms with E-state index < -0.39 is 6.29 Å². The molecule has 1 atom stereocenters. The van der Waals surface area contributed by atoms with E-state index >= 15 is 0 Å². The molecule has 0 aliphatic heterocycles. The van der Waals surface area contributed by atoms with Crippen LogP contribution in [0.25, 0.3) is 0 Å². The molecule has 12 heavy (non-hydrogen) atoms. The average molecular weight is 189 g/mol. The van der Waals surface area contributed by atoms with Gasteiger partial charge >= 0.3 is 0 Å². The number of nitrogens with zero attached hydrogens (tertiary/aromatic N) is 1. The van der Waals surface area contributed by atoms with Gasteiger partial charge in [-0.05, 0) is 12.1 Å². The van der Waals surface area contributed by atoms with Crippen LogP contribution < -0.4 is 5.73 Å². The molecule has 0 aliphatic rings. The number of rotatable bonds is 2. The van der Waals surface area contributed by atoms with Crippen LogP contribution in [-0.4, -0.2) is 17.2 Å². The van der Waals surface area contributed by atoms with E-state index in [0.29, 0.717) is 10.7 Å². The Balaban J connectivity index is 3.01. The highest BCUT2D eigenvalue weighted by atomic mass is 35.5. The molecule has 1 aromatic heterocycles. The molecular weight excluding hydrogens is 180 g/mol. The third kappa shape index (κ3) is 1.85. The summed E-state index contributed by atoms with van der Waals surface area (Å²) in [6.45, 7) is 0. The molecule has 0 aliphatic carbocycles. The molecule has 0 saturated carbocycles. The normalized spacial score (nSPS) is 12.9. The summed E-state index contributed by atoms with van der Waals surface area (Å²) in [7, 11) is 1.37. The van der Waals surface area contributed by atoms with Crippen molar-refractivity contribution >= 4 is 17.4 Å². The van der Waals surface area contributed by atoms with Crippen molar-refractivity contribution in [1.29, 1.82) is 0 Å². The van der Waals surface area contributed by atoms with Crippen LogP contribution in [0.1, 0.15) is 11.9 Å². The van der Waals surface area contributed by atoms with E-state index in [9.17, 15) is 5.11 Å². The van der Waals surface area contributed by atoms with E-state index in [1.165, 1.54) is 13.2 Å². The van der Waals surface area contributed by atoms with Crippen LogP contribution in [0.15, 0.2) is 12.1 Å². The van der Waals surface area contributed by atoms with Gasteiger partial charge in [-0.3, -0.25) is 0 Å². The first-order chi connectivity index (χ1) is 5.65. The maximum absolute atomic E-state index is 9.22. The second-order valence-corrected chi connectivity index (χ2v) is 2.58. The number of halogens is 1. The van der Waals surface area contributed by atoms with Crippen molar-refractivity contribution in [2.75, 3.05) is 12.8 Å². The molecule has 0 amide bonds. The third-order valence-corrected chi connectivity index (χ3v) is 1.62. The summed E-state index contributed by atoms with van der Waals surface area (Å²) in [4.78, 5) is 3.75.